The normalized spacial score (nSPS) is 20.1. The van der Waals surface area contributed by atoms with Gasteiger partial charge < -0.3 is 15.0 Å². The van der Waals surface area contributed by atoms with Crippen molar-refractivity contribution in [3.05, 3.63) is 82.7 Å². The number of amides is 2. The minimum absolute atomic E-state index is 0.00575. The zero-order valence-electron chi connectivity index (χ0n) is 24.2. The third-order valence-electron chi connectivity index (χ3n) is 8.60. The van der Waals surface area contributed by atoms with Crippen LogP contribution in [0, 0.1) is 19.8 Å². The van der Waals surface area contributed by atoms with Gasteiger partial charge in [0.05, 0.1) is 25.4 Å². The fourth-order valence-electron chi connectivity index (χ4n) is 6.55. The Hall–Kier alpha value is -3.65. The molecule has 3 heterocycles. The molecule has 0 radical (unpaired) electrons. The highest BCUT2D eigenvalue weighted by molar-refractivity contribution is 6.00. The number of aromatic amines is 1. The van der Waals surface area contributed by atoms with E-state index in [0.717, 1.165) is 22.7 Å². The molecule has 2 atom stereocenters. The molecule has 2 saturated heterocycles. The zero-order valence-corrected chi connectivity index (χ0v) is 24.2. The number of aromatic nitrogens is 2. The first-order chi connectivity index (χ1) is 19.2. The van der Waals surface area contributed by atoms with Crippen LogP contribution in [-0.4, -0.2) is 63.6 Å². The molecule has 2 aromatic carbocycles. The third kappa shape index (κ3) is 5.12. The Morgan fingerprint density at radius 2 is 1.70 bits per heavy atom. The molecular weight excluding hydrogens is 502 g/mol. The molecule has 2 N–H and O–H groups in total. The molecule has 0 bridgehead atoms. The lowest BCUT2D eigenvalue weighted by Gasteiger charge is -2.52. The summed E-state index contributed by atoms with van der Waals surface area (Å²) in [5, 5.41) is 10.8. The Labute approximate surface area is 237 Å². The predicted molar refractivity (Wildman–Crippen MR) is 155 cm³/mol. The predicted octanol–water partition coefficient (Wildman–Crippen LogP) is 4.53. The molecule has 212 valence electrons. The van der Waals surface area contributed by atoms with E-state index in [2.05, 4.69) is 65.5 Å². The Bertz CT molecular complexity index is 1320. The van der Waals surface area contributed by atoms with Crippen LogP contribution in [0.1, 0.15) is 67.2 Å². The van der Waals surface area contributed by atoms with Crippen molar-refractivity contribution < 1.29 is 14.3 Å². The van der Waals surface area contributed by atoms with Gasteiger partial charge in [-0.05, 0) is 50.7 Å². The molecule has 40 heavy (non-hydrogen) atoms. The second kappa shape index (κ2) is 11.5. The van der Waals surface area contributed by atoms with Crippen molar-refractivity contribution in [2.45, 2.75) is 71.1 Å². The fraction of sp³-hybridized carbons (Fsp3) is 0.469. The lowest BCUT2D eigenvalue weighted by Crippen LogP contribution is -2.72. The van der Waals surface area contributed by atoms with Crippen LogP contribution in [0.4, 0.5) is 0 Å². The summed E-state index contributed by atoms with van der Waals surface area (Å²) in [4.78, 5) is 32.3. The summed E-state index contributed by atoms with van der Waals surface area (Å²) < 4.78 is 5.62. The average Bonchev–Trinajstić information content (AvgIpc) is 3.28. The highest BCUT2D eigenvalue weighted by Crippen LogP contribution is 2.40. The van der Waals surface area contributed by atoms with E-state index in [1.807, 2.05) is 42.2 Å². The summed E-state index contributed by atoms with van der Waals surface area (Å²) in [7, 11) is 1.64. The summed E-state index contributed by atoms with van der Waals surface area (Å²) in [5.41, 5.74) is 4.39. The van der Waals surface area contributed by atoms with Gasteiger partial charge in [-0.25, -0.2) is 0 Å². The van der Waals surface area contributed by atoms with E-state index < -0.39 is 11.6 Å². The molecule has 2 amide bonds. The maximum atomic E-state index is 14.0. The molecular formula is C32H41N5O3. The van der Waals surface area contributed by atoms with Crippen LogP contribution in [-0.2, 0) is 16.1 Å². The lowest BCUT2D eigenvalue weighted by atomic mass is 9.79. The van der Waals surface area contributed by atoms with E-state index >= 15 is 0 Å². The number of rotatable bonds is 8. The van der Waals surface area contributed by atoms with Gasteiger partial charge in [0, 0.05) is 29.9 Å². The van der Waals surface area contributed by atoms with Crippen molar-refractivity contribution in [2.24, 2.45) is 5.92 Å². The van der Waals surface area contributed by atoms with E-state index in [-0.39, 0.29) is 23.8 Å². The quantitative estimate of drug-likeness (QED) is 0.436. The molecule has 1 aromatic heterocycles. The minimum Gasteiger partial charge on any atom is -0.496 e. The highest BCUT2D eigenvalue weighted by atomic mass is 16.5. The first kappa shape index (κ1) is 27.9. The lowest BCUT2D eigenvalue weighted by molar-refractivity contribution is -0.163. The number of methoxy groups -OCH3 is 1. The van der Waals surface area contributed by atoms with Crippen molar-refractivity contribution in [3.8, 4) is 5.75 Å². The first-order valence-electron chi connectivity index (χ1n) is 14.3. The number of benzene rings is 2. The number of aryl methyl sites for hydroxylation is 2. The molecule has 8 nitrogen and oxygen atoms in total. The number of piperidine rings is 1. The monoisotopic (exact) mass is 543 g/mol. The van der Waals surface area contributed by atoms with Gasteiger partial charge in [-0.15, -0.1) is 0 Å². The summed E-state index contributed by atoms with van der Waals surface area (Å²) in [6.45, 7) is 9.94. The number of carbonyl (C=O) groups is 2. The number of hydrogen-bond donors (Lipinski definition) is 2. The van der Waals surface area contributed by atoms with Crippen molar-refractivity contribution in [3.63, 3.8) is 0 Å². The zero-order chi connectivity index (χ0) is 28.4. The van der Waals surface area contributed by atoms with Crippen LogP contribution in [0.3, 0.4) is 0 Å². The maximum absolute atomic E-state index is 14.0. The number of piperazine rings is 1. The first-order valence-corrected chi connectivity index (χ1v) is 14.3. The van der Waals surface area contributed by atoms with Gasteiger partial charge in [0.15, 0.2) is 0 Å². The standard InChI is InChI=1S/C32H41N5O3/c1-21(2)19-26-30(38)37(20-25-13-9-10-14-27(25)40-5)32(31(39)33-26)15-17-36(18-16-32)29(24-11-7-6-8-12-24)28-22(3)34-35-23(28)4/h6-14,21,26,29H,15-20H2,1-5H3,(H,33,39)(H,34,35). The van der Waals surface area contributed by atoms with Crippen molar-refractivity contribution >= 4 is 11.8 Å². The molecule has 0 saturated carbocycles. The molecule has 3 aromatic rings. The maximum Gasteiger partial charge on any atom is 0.246 e. The largest absolute Gasteiger partial charge is 0.496 e. The molecule has 5 rings (SSSR count). The summed E-state index contributed by atoms with van der Waals surface area (Å²) >= 11 is 0. The number of carbonyl (C=O) groups excluding carboxylic acids is 2. The summed E-state index contributed by atoms with van der Waals surface area (Å²) in [6, 6.07) is 17.7. The Kier molecular flexibility index (Phi) is 7.99. The number of nitrogens with one attached hydrogen (secondary N) is 2. The fourth-order valence-corrected chi connectivity index (χ4v) is 6.55. The number of nitrogens with zero attached hydrogens (tertiary/aromatic N) is 3. The van der Waals surface area contributed by atoms with E-state index in [9.17, 15) is 9.59 Å². The van der Waals surface area contributed by atoms with Gasteiger partial charge in [-0.1, -0.05) is 62.4 Å². The van der Waals surface area contributed by atoms with Crippen LogP contribution in [0.25, 0.3) is 0 Å². The SMILES string of the molecule is COc1ccccc1CN1C(=O)C(CC(C)C)NC(=O)C12CCN(C(c1ccccc1)c1c(C)n[nH]c1C)CC2. The Morgan fingerprint density at radius 1 is 1.02 bits per heavy atom. The van der Waals surface area contributed by atoms with Gasteiger partial charge in [0.2, 0.25) is 11.8 Å². The highest BCUT2D eigenvalue weighted by Gasteiger charge is 2.54. The molecule has 2 aliphatic heterocycles. The molecule has 2 fully saturated rings. The van der Waals surface area contributed by atoms with Gasteiger partial charge in [0.1, 0.15) is 17.3 Å². The van der Waals surface area contributed by atoms with Crippen LogP contribution < -0.4 is 10.1 Å². The number of hydrogen-bond acceptors (Lipinski definition) is 5. The molecule has 0 aliphatic carbocycles. The van der Waals surface area contributed by atoms with Crippen LogP contribution in [0.15, 0.2) is 54.6 Å². The van der Waals surface area contributed by atoms with Crippen molar-refractivity contribution in [1.82, 2.24) is 25.3 Å². The van der Waals surface area contributed by atoms with Gasteiger partial charge >= 0.3 is 0 Å². The Balaban J connectivity index is 1.48. The van der Waals surface area contributed by atoms with Crippen LogP contribution >= 0.6 is 0 Å². The molecule has 8 heteroatoms. The van der Waals surface area contributed by atoms with Crippen molar-refractivity contribution in [2.75, 3.05) is 20.2 Å². The third-order valence-corrected chi connectivity index (χ3v) is 8.60. The van der Waals surface area contributed by atoms with E-state index in [4.69, 9.17) is 4.74 Å². The summed E-state index contributed by atoms with van der Waals surface area (Å²) in [5.74, 6) is 0.962. The van der Waals surface area contributed by atoms with Crippen molar-refractivity contribution in [1.29, 1.82) is 0 Å². The number of H-pyrrole nitrogens is 1. The van der Waals surface area contributed by atoms with Gasteiger partial charge in [0.25, 0.3) is 0 Å². The second-order valence-corrected chi connectivity index (χ2v) is 11.6. The number of likely N-dealkylation sites (tertiary alicyclic amines) is 1. The van der Waals surface area contributed by atoms with Gasteiger partial charge in [-0.2, -0.15) is 5.10 Å². The van der Waals surface area contributed by atoms with Gasteiger partial charge in [-0.3, -0.25) is 19.6 Å². The van der Waals surface area contributed by atoms with Crippen LogP contribution in [0.2, 0.25) is 0 Å². The number of para-hydroxylation sites is 1. The molecule has 2 unspecified atom stereocenters. The van der Waals surface area contributed by atoms with E-state index in [0.29, 0.717) is 38.9 Å². The minimum atomic E-state index is -0.913. The second-order valence-electron chi connectivity index (χ2n) is 11.6. The van der Waals surface area contributed by atoms with E-state index in [1.54, 1.807) is 7.11 Å². The topological polar surface area (TPSA) is 90.6 Å². The number of ether oxygens (including phenoxy) is 1. The Morgan fingerprint density at radius 3 is 2.33 bits per heavy atom. The van der Waals surface area contributed by atoms with Crippen LogP contribution in [0.5, 0.6) is 5.75 Å². The van der Waals surface area contributed by atoms with E-state index in [1.165, 1.54) is 11.1 Å². The summed E-state index contributed by atoms with van der Waals surface area (Å²) in [6.07, 6.45) is 1.71. The molecule has 2 aliphatic rings. The average molecular weight is 544 g/mol. The molecule has 1 spiro atoms. The smallest absolute Gasteiger partial charge is 0.246 e.